The minimum atomic E-state index is 0.368. The van der Waals surface area contributed by atoms with Crippen LogP contribution >= 0.6 is 46.3 Å². The summed E-state index contributed by atoms with van der Waals surface area (Å²) in [6.45, 7) is 0. The number of hydrogen-bond donors (Lipinski definition) is 0. The van der Waals surface area contributed by atoms with Gasteiger partial charge in [0.05, 0.1) is 12.1 Å². The van der Waals surface area contributed by atoms with Crippen LogP contribution in [-0.4, -0.2) is 25.1 Å². The first-order valence-electron chi connectivity index (χ1n) is 7.78. The second-order valence-electron chi connectivity index (χ2n) is 5.39. The Bertz CT molecular complexity index is 1050. The second-order valence-corrected chi connectivity index (χ2v) is 8.31. The van der Waals surface area contributed by atoms with Gasteiger partial charge in [0.25, 0.3) is 0 Å². The molecule has 0 bridgehead atoms. The molecule has 4 rings (SSSR count). The Morgan fingerprint density at radius 2 is 1.93 bits per heavy atom. The molecule has 10 heteroatoms. The first-order valence-corrected chi connectivity index (χ1v) is 10.4. The van der Waals surface area contributed by atoms with Gasteiger partial charge in [-0.3, -0.25) is 0 Å². The number of thiazole rings is 1. The largest absolute Gasteiger partial charge is 0.338 e. The zero-order valence-electron chi connectivity index (χ0n) is 13.7. The number of hydrogen-bond acceptors (Lipinski definition) is 8. The van der Waals surface area contributed by atoms with Crippen LogP contribution in [-0.2, 0) is 12.2 Å². The molecule has 4 aromatic rings. The molecule has 0 fully saturated rings. The zero-order chi connectivity index (χ0) is 18.6. The van der Waals surface area contributed by atoms with Crippen LogP contribution in [0, 0.1) is 0 Å². The molecule has 3 heterocycles. The fraction of sp³-hybridized carbons (Fsp3) is 0.118. The first kappa shape index (κ1) is 18.4. The highest BCUT2D eigenvalue weighted by atomic mass is 35.5. The Kier molecular flexibility index (Phi) is 5.68. The molecule has 27 heavy (non-hydrogen) atoms. The Balaban J connectivity index is 1.39. The van der Waals surface area contributed by atoms with Crippen LogP contribution in [0.4, 0.5) is 0 Å². The molecule has 6 nitrogen and oxygen atoms in total. The third-order valence-electron chi connectivity index (χ3n) is 3.46. The van der Waals surface area contributed by atoms with Crippen molar-refractivity contribution in [3.63, 3.8) is 0 Å². The molecule has 0 aliphatic heterocycles. The maximum absolute atomic E-state index is 6.21. The van der Waals surface area contributed by atoms with Gasteiger partial charge in [0, 0.05) is 33.6 Å². The third-order valence-corrected chi connectivity index (χ3v) is 6.17. The molecule has 0 amide bonds. The van der Waals surface area contributed by atoms with E-state index in [-0.39, 0.29) is 0 Å². The summed E-state index contributed by atoms with van der Waals surface area (Å²) in [7, 11) is 0. The lowest BCUT2D eigenvalue weighted by Gasteiger charge is -2.02. The second kappa shape index (κ2) is 8.35. The summed E-state index contributed by atoms with van der Waals surface area (Å²) < 4.78 is 6.22. The molecule has 0 spiro atoms. The molecule has 0 radical (unpaired) electrons. The van der Waals surface area contributed by atoms with E-state index in [1.807, 2.05) is 17.5 Å². The minimum absolute atomic E-state index is 0.368. The van der Waals surface area contributed by atoms with Crippen molar-refractivity contribution < 1.29 is 4.52 Å². The highest BCUT2D eigenvalue weighted by molar-refractivity contribution is 8.00. The van der Waals surface area contributed by atoms with Gasteiger partial charge in [0.15, 0.2) is 0 Å². The van der Waals surface area contributed by atoms with Crippen molar-refractivity contribution in [2.24, 2.45) is 0 Å². The van der Waals surface area contributed by atoms with Crippen LogP contribution < -0.4 is 0 Å². The lowest BCUT2D eigenvalue weighted by atomic mass is 10.2. The van der Waals surface area contributed by atoms with E-state index < -0.39 is 0 Å². The van der Waals surface area contributed by atoms with Crippen LogP contribution in [0.1, 0.15) is 17.1 Å². The molecule has 0 aliphatic rings. The molecule has 0 aliphatic carbocycles. The van der Waals surface area contributed by atoms with E-state index >= 15 is 0 Å². The molecule has 0 unspecified atom stereocenters. The van der Waals surface area contributed by atoms with Crippen molar-refractivity contribution in [3.05, 3.63) is 69.2 Å². The van der Waals surface area contributed by atoms with Gasteiger partial charge in [-0.2, -0.15) is 4.98 Å². The average molecular weight is 436 g/mol. The van der Waals surface area contributed by atoms with Crippen molar-refractivity contribution in [1.29, 1.82) is 0 Å². The fourth-order valence-electron chi connectivity index (χ4n) is 2.20. The van der Waals surface area contributed by atoms with Crippen LogP contribution in [0.15, 0.2) is 50.9 Å². The van der Waals surface area contributed by atoms with Crippen molar-refractivity contribution in [2.45, 2.75) is 16.5 Å². The summed E-state index contributed by atoms with van der Waals surface area (Å²) in [6.07, 6.45) is 3.73. The summed E-state index contributed by atoms with van der Waals surface area (Å²) >= 11 is 15.3. The maximum Gasteiger partial charge on any atom is 0.240 e. The van der Waals surface area contributed by atoms with E-state index in [2.05, 4.69) is 25.1 Å². The number of benzene rings is 1. The predicted octanol–water partition coefficient (Wildman–Crippen LogP) is 5.17. The van der Waals surface area contributed by atoms with E-state index in [0.717, 1.165) is 21.3 Å². The average Bonchev–Trinajstić information content (AvgIpc) is 3.32. The van der Waals surface area contributed by atoms with Gasteiger partial charge in [0.2, 0.25) is 17.5 Å². The standard InChI is InChI=1S/C17H11Cl2N5OS2/c18-11-3-2-10(13(19)6-11)8-26-17-22-12(9-27-17)7-14-23-16(24-25-14)15-20-4-1-5-21-15/h1-6,9H,7-8H2. The molecule has 0 saturated carbocycles. The predicted molar refractivity (Wildman–Crippen MR) is 106 cm³/mol. The molecule has 0 saturated heterocycles. The van der Waals surface area contributed by atoms with E-state index in [0.29, 0.717) is 34.0 Å². The Labute approximate surface area is 173 Å². The van der Waals surface area contributed by atoms with Crippen molar-refractivity contribution >= 4 is 46.3 Å². The fourth-order valence-corrected chi connectivity index (χ4v) is 4.60. The van der Waals surface area contributed by atoms with Gasteiger partial charge < -0.3 is 4.52 Å². The summed E-state index contributed by atoms with van der Waals surface area (Å²) in [6, 6.07) is 7.24. The zero-order valence-corrected chi connectivity index (χ0v) is 16.8. The quantitative estimate of drug-likeness (QED) is 0.386. The molecule has 3 aromatic heterocycles. The number of aromatic nitrogens is 5. The first-order chi connectivity index (χ1) is 13.2. The lowest BCUT2D eigenvalue weighted by Crippen LogP contribution is -1.91. The summed E-state index contributed by atoms with van der Waals surface area (Å²) in [4.78, 5) is 17.1. The highest BCUT2D eigenvalue weighted by Crippen LogP contribution is 2.30. The Morgan fingerprint density at radius 3 is 2.74 bits per heavy atom. The summed E-state index contributed by atoms with van der Waals surface area (Å²) in [5.74, 6) is 1.99. The van der Waals surface area contributed by atoms with Gasteiger partial charge in [-0.15, -0.1) is 11.3 Å². The Morgan fingerprint density at radius 1 is 1.07 bits per heavy atom. The van der Waals surface area contributed by atoms with E-state index in [4.69, 9.17) is 27.7 Å². The van der Waals surface area contributed by atoms with Gasteiger partial charge >= 0.3 is 0 Å². The normalized spacial score (nSPS) is 11.0. The molecule has 1 aromatic carbocycles. The number of halogens is 2. The monoisotopic (exact) mass is 435 g/mol. The van der Waals surface area contributed by atoms with Crippen LogP contribution in [0.2, 0.25) is 10.0 Å². The van der Waals surface area contributed by atoms with Crippen LogP contribution in [0.25, 0.3) is 11.6 Å². The van der Waals surface area contributed by atoms with Crippen molar-refractivity contribution in [1.82, 2.24) is 25.1 Å². The van der Waals surface area contributed by atoms with Crippen LogP contribution in [0.3, 0.4) is 0 Å². The molecule has 0 atom stereocenters. The van der Waals surface area contributed by atoms with Crippen molar-refractivity contribution in [2.75, 3.05) is 0 Å². The maximum atomic E-state index is 6.21. The number of nitrogens with zero attached hydrogens (tertiary/aromatic N) is 5. The van der Waals surface area contributed by atoms with Gasteiger partial charge in [-0.25, -0.2) is 15.0 Å². The van der Waals surface area contributed by atoms with Crippen molar-refractivity contribution in [3.8, 4) is 11.6 Å². The minimum Gasteiger partial charge on any atom is -0.338 e. The smallest absolute Gasteiger partial charge is 0.240 e. The van der Waals surface area contributed by atoms with Crippen LogP contribution in [0.5, 0.6) is 0 Å². The highest BCUT2D eigenvalue weighted by Gasteiger charge is 2.13. The summed E-state index contributed by atoms with van der Waals surface area (Å²) in [5.41, 5.74) is 1.89. The molecular formula is C17H11Cl2N5OS2. The lowest BCUT2D eigenvalue weighted by molar-refractivity contribution is 0.384. The number of thioether (sulfide) groups is 1. The SMILES string of the molecule is Clc1ccc(CSc2nc(Cc3nc(-c4ncccn4)no3)cs2)c(Cl)c1. The summed E-state index contributed by atoms with van der Waals surface area (Å²) in [5, 5.41) is 7.19. The molecular weight excluding hydrogens is 425 g/mol. The topological polar surface area (TPSA) is 77.6 Å². The van der Waals surface area contributed by atoms with E-state index in [1.54, 1.807) is 47.6 Å². The third kappa shape index (κ3) is 4.65. The number of rotatable bonds is 6. The molecule has 136 valence electrons. The van der Waals surface area contributed by atoms with Gasteiger partial charge in [-0.05, 0) is 23.8 Å². The Hall–Kier alpha value is -2.00. The van der Waals surface area contributed by atoms with E-state index in [9.17, 15) is 0 Å². The molecule has 0 N–H and O–H groups in total. The van der Waals surface area contributed by atoms with Gasteiger partial charge in [0.1, 0.15) is 4.34 Å². The van der Waals surface area contributed by atoms with Gasteiger partial charge in [-0.1, -0.05) is 46.2 Å². The van der Waals surface area contributed by atoms with E-state index in [1.165, 1.54) is 0 Å².